The molecule has 1 atom stereocenters. The second-order valence-electron chi connectivity index (χ2n) is 4.71. The molecule has 20 heavy (non-hydrogen) atoms. The summed E-state index contributed by atoms with van der Waals surface area (Å²) in [7, 11) is -3.30. The van der Waals surface area contributed by atoms with E-state index >= 15 is 0 Å². The molecule has 1 amide bonds. The van der Waals surface area contributed by atoms with Gasteiger partial charge in [-0.2, -0.15) is 0 Å². The van der Waals surface area contributed by atoms with E-state index in [1.165, 1.54) is 0 Å². The van der Waals surface area contributed by atoms with Crippen molar-refractivity contribution in [3.05, 3.63) is 24.3 Å². The summed E-state index contributed by atoms with van der Waals surface area (Å²) in [6, 6.07) is 5.78. The van der Waals surface area contributed by atoms with E-state index in [1.54, 1.807) is 24.3 Å². The number of anilines is 2. The van der Waals surface area contributed by atoms with Crippen molar-refractivity contribution in [3.63, 3.8) is 0 Å². The van der Waals surface area contributed by atoms with Crippen LogP contribution in [0.2, 0.25) is 0 Å². The average molecular weight is 322 g/mol. The number of benzene rings is 1. The average Bonchev–Trinajstić information content (AvgIpc) is 2.28. The molecule has 0 fully saturated rings. The van der Waals surface area contributed by atoms with Crippen molar-refractivity contribution in [2.45, 2.75) is 19.9 Å². The molecule has 0 spiro atoms. The van der Waals surface area contributed by atoms with Crippen LogP contribution >= 0.6 is 12.4 Å². The number of carbonyl (C=O) groups excluding carboxylic acids is 1. The lowest BCUT2D eigenvalue weighted by Gasteiger charge is -2.15. The van der Waals surface area contributed by atoms with Gasteiger partial charge in [-0.05, 0) is 30.2 Å². The van der Waals surface area contributed by atoms with Crippen LogP contribution in [0.25, 0.3) is 0 Å². The van der Waals surface area contributed by atoms with Crippen molar-refractivity contribution in [1.29, 1.82) is 0 Å². The Morgan fingerprint density at radius 2 is 1.60 bits per heavy atom. The monoisotopic (exact) mass is 321 g/mol. The van der Waals surface area contributed by atoms with Gasteiger partial charge in [-0.25, -0.2) is 8.42 Å². The number of carbonyl (C=O) groups is 1. The molecule has 0 aromatic heterocycles. The van der Waals surface area contributed by atoms with E-state index < -0.39 is 16.1 Å². The van der Waals surface area contributed by atoms with Crippen LogP contribution in [-0.4, -0.2) is 26.6 Å². The number of nitrogens with two attached hydrogens (primary N) is 1. The lowest BCUT2D eigenvalue weighted by Crippen LogP contribution is -2.39. The minimum atomic E-state index is -3.30. The summed E-state index contributed by atoms with van der Waals surface area (Å²) in [5, 5.41) is 2.67. The molecule has 0 radical (unpaired) electrons. The topological polar surface area (TPSA) is 101 Å². The number of halogens is 1. The number of rotatable bonds is 5. The standard InChI is InChI=1S/C12H19N3O3S.ClH/c1-8(2)11(13)12(16)14-9-4-6-10(7-5-9)15-19(3,17)18;/h4-8,11,15H,13H2,1-3H3,(H,14,16);1H. The predicted octanol–water partition coefficient (Wildman–Crippen LogP) is 1.40. The van der Waals surface area contributed by atoms with E-state index in [1.807, 2.05) is 13.8 Å². The van der Waals surface area contributed by atoms with Crippen LogP contribution in [-0.2, 0) is 14.8 Å². The third-order valence-corrected chi connectivity index (χ3v) is 3.08. The first-order chi connectivity index (χ1) is 8.69. The number of hydrogen-bond donors (Lipinski definition) is 3. The molecule has 0 bridgehead atoms. The van der Waals surface area contributed by atoms with Gasteiger partial charge in [0.25, 0.3) is 0 Å². The Labute approximate surface area is 125 Å². The second kappa shape index (κ2) is 7.47. The molecule has 114 valence electrons. The fourth-order valence-electron chi connectivity index (χ4n) is 1.36. The fraction of sp³-hybridized carbons (Fsp3) is 0.417. The summed E-state index contributed by atoms with van der Waals surface area (Å²) in [5.74, 6) is -0.218. The van der Waals surface area contributed by atoms with E-state index in [9.17, 15) is 13.2 Å². The Morgan fingerprint density at radius 3 is 2.00 bits per heavy atom. The lowest BCUT2D eigenvalue weighted by atomic mass is 10.0. The van der Waals surface area contributed by atoms with E-state index in [2.05, 4.69) is 10.0 Å². The first-order valence-electron chi connectivity index (χ1n) is 5.83. The summed E-state index contributed by atoms with van der Waals surface area (Å²) >= 11 is 0. The molecule has 0 aliphatic heterocycles. The molecular weight excluding hydrogens is 302 g/mol. The Hall–Kier alpha value is -1.31. The Kier molecular flexibility index (Phi) is 6.98. The highest BCUT2D eigenvalue weighted by Gasteiger charge is 2.17. The number of hydrogen-bond acceptors (Lipinski definition) is 4. The summed E-state index contributed by atoms with van der Waals surface area (Å²) in [6.45, 7) is 3.73. The molecule has 0 aliphatic rings. The minimum absolute atomic E-state index is 0. The molecule has 1 aromatic carbocycles. The highest BCUT2D eigenvalue weighted by atomic mass is 35.5. The third-order valence-electron chi connectivity index (χ3n) is 2.48. The van der Waals surface area contributed by atoms with E-state index in [0.717, 1.165) is 6.26 Å². The van der Waals surface area contributed by atoms with Crippen molar-refractivity contribution in [2.75, 3.05) is 16.3 Å². The molecule has 6 nitrogen and oxygen atoms in total. The fourth-order valence-corrected chi connectivity index (χ4v) is 1.93. The van der Waals surface area contributed by atoms with E-state index in [0.29, 0.717) is 11.4 Å². The predicted molar refractivity (Wildman–Crippen MR) is 83.6 cm³/mol. The molecule has 8 heteroatoms. The first-order valence-corrected chi connectivity index (χ1v) is 7.72. The van der Waals surface area contributed by atoms with Gasteiger partial charge in [0.15, 0.2) is 0 Å². The van der Waals surface area contributed by atoms with Gasteiger partial charge in [0.1, 0.15) is 0 Å². The van der Waals surface area contributed by atoms with Crippen LogP contribution in [0.3, 0.4) is 0 Å². The van der Waals surface area contributed by atoms with Crippen molar-refractivity contribution >= 4 is 39.7 Å². The number of sulfonamides is 1. The Balaban J connectivity index is 0.00000361. The summed E-state index contributed by atoms with van der Waals surface area (Å²) in [4.78, 5) is 11.7. The van der Waals surface area contributed by atoms with Crippen LogP contribution in [0.1, 0.15) is 13.8 Å². The molecular formula is C12H20ClN3O3S. The summed E-state index contributed by atoms with van der Waals surface area (Å²) in [6.07, 6.45) is 1.07. The molecule has 4 N–H and O–H groups in total. The van der Waals surface area contributed by atoms with Crippen molar-refractivity contribution in [3.8, 4) is 0 Å². The zero-order valence-electron chi connectivity index (χ0n) is 11.6. The Morgan fingerprint density at radius 1 is 1.15 bits per heavy atom. The second-order valence-corrected chi connectivity index (χ2v) is 6.46. The lowest BCUT2D eigenvalue weighted by molar-refractivity contribution is -0.118. The molecule has 0 heterocycles. The minimum Gasteiger partial charge on any atom is -0.325 e. The maximum atomic E-state index is 11.7. The molecule has 0 aliphatic carbocycles. The van der Waals surface area contributed by atoms with Crippen molar-refractivity contribution < 1.29 is 13.2 Å². The third kappa shape index (κ3) is 6.23. The largest absolute Gasteiger partial charge is 0.325 e. The van der Waals surface area contributed by atoms with Crippen LogP contribution in [0.5, 0.6) is 0 Å². The molecule has 0 saturated heterocycles. The maximum absolute atomic E-state index is 11.7. The van der Waals surface area contributed by atoms with Crippen molar-refractivity contribution in [2.24, 2.45) is 11.7 Å². The van der Waals surface area contributed by atoms with Crippen molar-refractivity contribution in [1.82, 2.24) is 0 Å². The van der Waals surface area contributed by atoms with Crippen LogP contribution in [0.4, 0.5) is 11.4 Å². The smallest absolute Gasteiger partial charge is 0.241 e. The van der Waals surface area contributed by atoms with Gasteiger partial charge in [-0.1, -0.05) is 13.8 Å². The normalized spacial score (nSPS) is 12.4. The SMILES string of the molecule is CC(C)C(N)C(=O)Nc1ccc(NS(C)(=O)=O)cc1.Cl. The quantitative estimate of drug-likeness (QED) is 0.763. The number of amides is 1. The maximum Gasteiger partial charge on any atom is 0.241 e. The first kappa shape index (κ1) is 18.7. The Bertz CT molecular complexity index is 544. The molecule has 1 unspecified atom stereocenters. The molecule has 0 saturated carbocycles. The van der Waals surface area contributed by atoms with Gasteiger partial charge in [0, 0.05) is 11.4 Å². The molecule has 1 rings (SSSR count). The highest BCUT2D eigenvalue weighted by Crippen LogP contribution is 2.15. The van der Waals surface area contributed by atoms with E-state index in [4.69, 9.17) is 5.73 Å². The van der Waals surface area contributed by atoms with Crippen LogP contribution < -0.4 is 15.8 Å². The molecule has 1 aromatic rings. The highest BCUT2D eigenvalue weighted by molar-refractivity contribution is 7.92. The van der Waals surface area contributed by atoms with E-state index in [-0.39, 0.29) is 24.2 Å². The van der Waals surface area contributed by atoms with Gasteiger partial charge in [0.2, 0.25) is 15.9 Å². The van der Waals surface area contributed by atoms with Crippen LogP contribution in [0.15, 0.2) is 24.3 Å². The number of nitrogens with one attached hydrogen (secondary N) is 2. The zero-order chi connectivity index (χ0) is 14.6. The van der Waals surface area contributed by atoms with Crippen LogP contribution in [0, 0.1) is 5.92 Å². The van der Waals surface area contributed by atoms with Gasteiger partial charge in [0.05, 0.1) is 12.3 Å². The zero-order valence-corrected chi connectivity index (χ0v) is 13.2. The van der Waals surface area contributed by atoms with Gasteiger partial charge in [-0.3, -0.25) is 9.52 Å². The summed E-state index contributed by atoms with van der Waals surface area (Å²) < 4.78 is 24.4. The van der Waals surface area contributed by atoms with Gasteiger partial charge in [-0.15, -0.1) is 12.4 Å². The van der Waals surface area contributed by atoms with Gasteiger partial charge >= 0.3 is 0 Å². The summed E-state index contributed by atoms with van der Waals surface area (Å²) in [5.41, 5.74) is 6.73. The van der Waals surface area contributed by atoms with Gasteiger partial charge < -0.3 is 11.1 Å².